The molecule has 0 aromatic heterocycles. The van der Waals surface area contributed by atoms with Crippen LogP contribution in [0.4, 0.5) is 0 Å². The van der Waals surface area contributed by atoms with E-state index in [-0.39, 0.29) is 11.5 Å². The smallest absolute Gasteiger partial charge is 0.0712 e. The highest BCUT2D eigenvalue weighted by Crippen LogP contribution is 2.18. The molecule has 0 amide bonds. The van der Waals surface area contributed by atoms with Gasteiger partial charge in [0.25, 0.3) is 0 Å². The lowest BCUT2D eigenvalue weighted by atomic mass is 9.89. The van der Waals surface area contributed by atoms with E-state index in [1.165, 1.54) is 19.3 Å². The van der Waals surface area contributed by atoms with Gasteiger partial charge in [0.2, 0.25) is 0 Å². The minimum atomic E-state index is -0.264. The first-order valence-electron chi connectivity index (χ1n) is 6.65. The molecule has 98 valence electrons. The Morgan fingerprint density at radius 3 is 2.06 bits per heavy atom. The zero-order valence-electron chi connectivity index (χ0n) is 12.0. The Morgan fingerprint density at radius 2 is 1.62 bits per heavy atom. The minimum Gasteiger partial charge on any atom is -0.391 e. The SMILES string of the molecule is CC(C)CCCC(C)NCC(O)C(C)(C)C. The fourth-order valence-corrected chi connectivity index (χ4v) is 1.55. The van der Waals surface area contributed by atoms with Crippen LogP contribution < -0.4 is 5.32 Å². The Bertz CT molecular complexity index is 172. The Hall–Kier alpha value is -0.0800. The fourth-order valence-electron chi connectivity index (χ4n) is 1.55. The highest BCUT2D eigenvalue weighted by molar-refractivity contribution is 4.76. The zero-order valence-corrected chi connectivity index (χ0v) is 12.0. The number of rotatable bonds is 7. The van der Waals surface area contributed by atoms with Crippen molar-refractivity contribution in [3.05, 3.63) is 0 Å². The monoisotopic (exact) mass is 229 g/mol. The number of hydrogen-bond donors (Lipinski definition) is 2. The summed E-state index contributed by atoms with van der Waals surface area (Å²) in [6, 6.07) is 0.510. The van der Waals surface area contributed by atoms with Crippen molar-refractivity contribution in [2.24, 2.45) is 11.3 Å². The van der Waals surface area contributed by atoms with Crippen LogP contribution in [-0.2, 0) is 0 Å². The molecule has 0 radical (unpaired) electrons. The van der Waals surface area contributed by atoms with E-state index in [1.54, 1.807) is 0 Å². The van der Waals surface area contributed by atoms with E-state index < -0.39 is 0 Å². The van der Waals surface area contributed by atoms with E-state index in [9.17, 15) is 5.11 Å². The lowest BCUT2D eigenvalue weighted by Gasteiger charge is -2.27. The molecule has 0 spiro atoms. The quantitative estimate of drug-likeness (QED) is 0.702. The second-order valence-corrected chi connectivity index (χ2v) is 6.52. The van der Waals surface area contributed by atoms with Crippen molar-refractivity contribution < 1.29 is 5.11 Å². The average Bonchev–Trinajstić information content (AvgIpc) is 2.11. The minimum absolute atomic E-state index is 0.0232. The third-order valence-corrected chi connectivity index (χ3v) is 3.08. The molecule has 0 aliphatic rings. The average molecular weight is 229 g/mol. The van der Waals surface area contributed by atoms with Crippen LogP contribution >= 0.6 is 0 Å². The van der Waals surface area contributed by atoms with Gasteiger partial charge in [0.1, 0.15) is 0 Å². The molecule has 2 atom stereocenters. The standard InChI is InChI=1S/C14H31NO/c1-11(2)8-7-9-12(3)15-10-13(16)14(4,5)6/h11-13,15-16H,7-10H2,1-6H3. The first kappa shape index (κ1) is 15.9. The molecule has 0 saturated heterocycles. The fraction of sp³-hybridized carbons (Fsp3) is 1.00. The molecular weight excluding hydrogens is 198 g/mol. The molecule has 0 aromatic carbocycles. The summed E-state index contributed by atoms with van der Waals surface area (Å²) in [7, 11) is 0. The van der Waals surface area contributed by atoms with Gasteiger partial charge in [0, 0.05) is 12.6 Å². The van der Waals surface area contributed by atoms with Gasteiger partial charge in [-0.15, -0.1) is 0 Å². The van der Waals surface area contributed by atoms with Crippen LogP contribution in [0.15, 0.2) is 0 Å². The van der Waals surface area contributed by atoms with Gasteiger partial charge in [-0.25, -0.2) is 0 Å². The van der Waals surface area contributed by atoms with Crippen molar-refractivity contribution in [1.29, 1.82) is 0 Å². The molecular formula is C14H31NO. The van der Waals surface area contributed by atoms with Crippen LogP contribution in [0.5, 0.6) is 0 Å². The van der Waals surface area contributed by atoms with E-state index in [1.807, 2.05) is 0 Å². The molecule has 0 fully saturated rings. The third-order valence-electron chi connectivity index (χ3n) is 3.08. The molecule has 2 heteroatoms. The molecule has 0 rings (SSSR count). The Kier molecular flexibility index (Phi) is 7.25. The van der Waals surface area contributed by atoms with Gasteiger partial charge >= 0.3 is 0 Å². The van der Waals surface area contributed by atoms with Gasteiger partial charge in [-0.05, 0) is 24.7 Å². The van der Waals surface area contributed by atoms with Crippen LogP contribution in [0.3, 0.4) is 0 Å². The predicted molar refractivity (Wildman–Crippen MR) is 71.6 cm³/mol. The second-order valence-electron chi connectivity index (χ2n) is 6.52. The highest BCUT2D eigenvalue weighted by atomic mass is 16.3. The van der Waals surface area contributed by atoms with E-state index in [2.05, 4.69) is 46.9 Å². The summed E-state index contributed by atoms with van der Waals surface area (Å²) in [6.07, 6.45) is 3.51. The van der Waals surface area contributed by atoms with Gasteiger partial charge in [-0.1, -0.05) is 47.5 Å². The van der Waals surface area contributed by atoms with Gasteiger partial charge in [0.05, 0.1) is 6.10 Å². The summed E-state index contributed by atoms with van der Waals surface area (Å²) in [5, 5.41) is 13.3. The van der Waals surface area contributed by atoms with Crippen molar-refractivity contribution in [3.63, 3.8) is 0 Å². The van der Waals surface area contributed by atoms with Crippen LogP contribution in [-0.4, -0.2) is 23.8 Å². The van der Waals surface area contributed by atoms with Crippen molar-refractivity contribution >= 4 is 0 Å². The number of nitrogens with one attached hydrogen (secondary N) is 1. The predicted octanol–water partition coefficient (Wildman–Crippen LogP) is 3.20. The van der Waals surface area contributed by atoms with Crippen molar-refractivity contribution in [2.75, 3.05) is 6.54 Å². The van der Waals surface area contributed by atoms with Gasteiger partial charge in [-0.2, -0.15) is 0 Å². The number of aliphatic hydroxyl groups excluding tert-OH is 1. The summed E-state index contributed by atoms with van der Waals surface area (Å²) < 4.78 is 0. The lowest BCUT2D eigenvalue weighted by molar-refractivity contribution is 0.0606. The van der Waals surface area contributed by atoms with E-state index in [4.69, 9.17) is 0 Å². The van der Waals surface area contributed by atoms with E-state index in [0.29, 0.717) is 12.6 Å². The molecule has 2 N–H and O–H groups in total. The normalized spacial score (nSPS) is 16.5. The summed E-state index contributed by atoms with van der Waals surface area (Å²) in [6.45, 7) is 13.7. The molecule has 0 aliphatic carbocycles. The lowest BCUT2D eigenvalue weighted by Crippen LogP contribution is -2.40. The summed E-state index contributed by atoms with van der Waals surface area (Å²) in [5.41, 5.74) is -0.0232. The topological polar surface area (TPSA) is 32.3 Å². The molecule has 0 aliphatic heterocycles. The van der Waals surface area contributed by atoms with Crippen LogP contribution in [0, 0.1) is 11.3 Å². The molecule has 0 heterocycles. The second kappa shape index (κ2) is 7.29. The van der Waals surface area contributed by atoms with Crippen LogP contribution in [0.25, 0.3) is 0 Å². The van der Waals surface area contributed by atoms with Crippen LogP contribution in [0.2, 0.25) is 0 Å². The molecule has 2 unspecified atom stereocenters. The molecule has 0 bridgehead atoms. The largest absolute Gasteiger partial charge is 0.391 e. The highest BCUT2D eigenvalue weighted by Gasteiger charge is 2.21. The third kappa shape index (κ3) is 8.12. The van der Waals surface area contributed by atoms with Crippen LogP contribution in [0.1, 0.15) is 60.8 Å². The Morgan fingerprint density at radius 1 is 1.06 bits per heavy atom. The first-order valence-corrected chi connectivity index (χ1v) is 6.65. The molecule has 0 aromatic rings. The zero-order chi connectivity index (χ0) is 12.8. The maximum atomic E-state index is 9.89. The molecule has 2 nitrogen and oxygen atoms in total. The number of aliphatic hydroxyl groups is 1. The summed E-state index contributed by atoms with van der Waals surface area (Å²) in [5.74, 6) is 0.798. The van der Waals surface area contributed by atoms with E-state index in [0.717, 1.165) is 5.92 Å². The van der Waals surface area contributed by atoms with Gasteiger partial charge in [0.15, 0.2) is 0 Å². The Balaban J connectivity index is 3.61. The summed E-state index contributed by atoms with van der Waals surface area (Å²) in [4.78, 5) is 0. The van der Waals surface area contributed by atoms with Crippen molar-refractivity contribution in [3.8, 4) is 0 Å². The Labute approximate surface area is 102 Å². The summed E-state index contributed by atoms with van der Waals surface area (Å²) >= 11 is 0. The van der Waals surface area contributed by atoms with Gasteiger partial charge in [-0.3, -0.25) is 0 Å². The molecule has 0 saturated carbocycles. The van der Waals surface area contributed by atoms with Crippen molar-refractivity contribution in [1.82, 2.24) is 5.32 Å². The maximum Gasteiger partial charge on any atom is 0.0712 e. The molecule has 16 heavy (non-hydrogen) atoms. The van der Waals surface area contributed by atoms with Gasteiger partial charge < -0.3 is 10.4 Å². The maximum absolute atomic E-state index is 9.89. The first-order chi connectivity index (χ1) is 7.23. The number of hydrogen-bond acceptors (Lipinski definition) is 2. The van der Waals surface area contributed by atoms with Crippen molar-refractivity contribution in [2.45, 2.75) is 73.0 Å². The van der Waals surface area contributed by atoms with E-state index >= 15 is 0 Å².